The van der Waals surface area contributed by atoms with Crippen LogP contribution < -0.4 is 4.74 Å². The molecular formula is C22H19N5O4S. The van der Waals surface area contributed by atoms with Gasteiger partial charge in [-0.1, -0.05) is 18.2 Å². The third-order valence-corrected chi connectivity index (χ3v) is 6.87. The molecule has 6 rings (SSSR count). The van der Waals surface area contributed by atoms with Crippen LogP contribution in [-0.4, -0.2) is 52.4 Å². The standard InChI is InChI=1S/C22H19N5O4S/c1-32(28,29)21-23-10-14(11-24-21)16-6-7-17-20(26-16)27-19(25-17)12-30-13-22(27)8-9-31-18-5-3-2-4-15(18)22/h2-7,10-11H,8-9,12-13H2,1H3. The normalized spacial score (nSPS) is 20.0. The SMILES string of the molecule is CS(=O)(=O)c1ncc(-c2ccc3nc4n(c3n2)C2(CCOc3ccccc32)COC4)cn1. The number of imidazole rings is 1. The molecule has 1 spiro atoms. The van der Waals surface area contributed by atoms with E-state index < -0.39 is 15.4 Å². The van der Waals surface area contributed by atoms with Crippen molar-refractivity contribution in [1.29, 1.82) is 0 Å². The molecule has 0 aliphatic carbocycles. The summed E-state index contributed by atoms with van der Waals surface area (Å²) in [6.07, 6.45) is 4.78. The van der Waals surface area contributed by atoms with Gasteiger partial charge in [-0.05, 0) is 18.2 Å². The summed E-state index contributed by atoms with van der Waals surface area (Å²) < 4.78 is 37.4. The fourth-order valence-electron chi connectivity index (χ4n) is 4.55. The Morgan fingerprint density at radius 3 is 2.69 bits per heavy atom. The highest BCUT2D eigenvalue weighted by molar-refractivity contribution is 7.90. The summed E-state index contributed by atoms with van der Waals surface area (Å²) in [6.45, 7) is 1.48. The molecule has 5 heterocycles. The van der Waals surface area contributed by atoms with Crippen LogP contribution in [0, 0.1) is 0 Å². The molecule has 1 aromatic carbocycles. The lowest BCUT2D eigenvalue weighted by molar-refractivity contribution is 0.00399. The minimum Gasteiger partial charge on any atom is -0.493 e. The second-order valence-corrected chi connectivity index (χ2v) is 9.96. The van der Waals surface area contributed by atoms with Crippen molar-refractivity contribution in [3.05, 3.63) is 60.2 Å². The van der Waals surface area contributed by atoms with Gasteiger partial charge >= 0.3 is 0 Å². The molecule has 1 atom stereocenters. The number of rotatable bonds is 2. The molecule has 3 aromatic heterocycles. The number of nitrogens with zero attached hydrogens (tertiary/aromatic N) is 5. The molecule has 2 aliphatic rings. The molecule has 1 unspecified atom stereocenters. The minimum atomic E-state index is -3.47. The Hall–Kier alpha value is -3.37. The third-order valence-electron chi connectivity index (χ3n) is 5.99. The molecule has 0 N–H and O–H groups in total. The molecule has 10 heteroatoms. The average Bonchev–Trinajstić information content (AvgIpc) is 3.18. The lowest BCUT2D eigenvalue weighted by Crippen LogP contribution is -2.47. The Morgan fingerprint density at radius 1 is 1.06 bits per heavy atom. The third kappa shape index (κ3) is 2.83. The fourth-order valence-corrected chi connectivity index (χ4v) is 5.04. The van der Waals surface area contributed by atoms with E-state index in [4.69, 9.17) is 19.4 Å². The van der Waals surface area contributed by atoms with Crippen LogP contribution in [0.15, 0.2) is 53.9 Å². The highest BCUT2D eigenvalue weighted by atomic mass is 32.2. The molecule has 32 heavy (non-hydrogen) atoms. The van der Waals surface area contributed by atoms with Gasteiger partial charge in [-0.3, -0.25) is 4.57 Å². The van der Waals surface area contributed by atoms with Gasteiger partial charge in [-0.2, -0.15) is 0 Å². The predicted octanol–water partition coefficient (Wildman–Crippen LogP) is 2.35. The lowest BCUT2D eigenvalue weighted by atomic mass is 9.84. The first kappa shape index (κ1) is 19.3. The summed E-state index contributed by atoms with van der Waals surface area (Å²) in [5.74, 6) is 1.66. The second kappa shape index (κ2) is 6.81. The van der Waals surface area contributed by atoms with E-state index in [0.29, 0.717) is 31.1 Å². The summed E-state index contributed by atoms with van der Waals surface area (Å²) >= 11 is 0. The second-order valence-electron chi connectivity index (χ2n) is 8.05. The monoisotopic (exact) mass is 449 g/mol. The van der Waals surface area contributed by atoms with E-state index in [1.165, 1.54) is 12.4 Å². The number of benzene rings is 1. The van der Waals surface area contributed by atoms with Gasteiger partial charge in [0.15, 0.2) is 5.65 Å². The average molecular weight is 449 g/mol. The maximum absolute atomic E-state index is 11.7. The van der Waals surface area contributed by atoms with E-state index in [1.807, 2.05) is 30.3 Å². The smallest absolute Gasteiger partial charge is 0.246 e. The molecule has 0 radical (unpaired) electrons. The summed E-state index contributed by atoms with van der Waals surface area (Å²) in [6, 6.07) is 11.8. The number of sulfone groups is 1. The van der Waals surface area contributed by atoms with Crippen molar-refractivity contribution >= 4 is 21.0 Å². The van der Waals surface area contributed by atoms with Crippen molar-refractivity contribution in [3.63, 3.8) is 0 Å². The Kier molecular flexibility index (Phi) is 4.11. The van der Waals surface area contributed by atoms with Crippen LogP contribution in [0.1, 0.15) is 17.8 Å². The zero-order valence-electron chi connectivity index (χ0n) is 17.2. The van der Waals surface area contributed by atoms with E-state index in [0.717, 1.165) is 41.0 Å². The van der Waals surface area contributed by atoms with Gasteiger partial charge in [0.05, 0.1) is 18.9 Å². The lowest BCUT2D eigenvalue weighted by Gasteiger charge is -2.43. The van der Waals surface area contributed by atoms with E-state index >= 15 is 0 Å². The number of aromatic nitrogens is 5. The van der Waals surface area contributed by atoms with Crippen molar-refractivity contribution in [2.45, 2.75) is 23.7 Å². The van der Waals surface area contributed by atoms with Crippen molar-refractivity contribution < 1.29 is 17.9 Å². The molecule has 0 saturated carbocycles. The fraction of sp³-hybridized carbons (Fsp3) is 0.273. The zero-order valence-corrected chi connectivity index (χ0v) is 18.0. The number of fused-ring (bicyclic) bond motifs is 6. The number of hydrogen-bond donors (Lipinski definition) is 0. The number of ether oxygens (including phenoxy) is 2. The zero-order chi connectivity index (χ0) is 21.9. The molecule has 0 saturated heterocycles. The molecule has 0 amide bonds. The Morgan fingerprint density at radius 2 is 1.88 bits per heavy atom. The highest BCUT2D eigenvalue weighted by Gasteiger charge is 2.44. The van der Waals surface area contributed by atoms with Crippen LogP contribution in [-0.2, 0) is 26.7 Å². The van der Waals surface area contributed by atoms with Gasteiger partial charge in [-0.15, -0.1) is 0 Å². The van der Waals surface area contributed by atoms with Crippen molar-refractivity contribution in [1.82, 2.24) is 24.5 Å². The van der Waals surface area contributed by atoms with Gasteiger partial charge < -0.3 is 9.47 Å². The van der Waals surface area contributed by atoms with Gasteiger partial charge in [-0.25, -0.2) is 28.4 Å². The van der Waals surface area contributed by atoms with E-state index in [-0.39, 0.29) is 5.16 Å². The van der Waals surface area contributed by atoms with Crippen molar-refractivity contribution in [2.75, 3.05) is 19.5 Å². The Bertz CT molecular complexity index is 1460. The quantitative estimate of drug-likeness (QED) is 0.429. The Labute approximate surface area is 184 Å². The van der Waals surface area contributed by atoms with Crippen LogP contribution in [0.3, 0.4) is 0 Å². The summed E-state index contributed by atoms with van der Waals surface area (Å²) in [5.41, 5.74) is 3.38. The number of pyridine rings is 1. The van der Waals surface area contributed by atoms with Crippen LogP contribution in [0.2, 0.25) is 0 Å². The molecule has 0 bridgehead atoms. The molecule has 2 aliphatic heterocycles. The van der Waals surface area contributed by atoms with Crippen molar-refractivity contribution in [3.8, 4) is 17.0 Å². The maximum Gasteiger partial charge on any atom is 0.246 e. The number of hydrogen-bond acceptors (Lipinski definition) is 8. The predicted molar refractivity (Wildman–Crippen MR) is 115 cm³/mol. The topological polar surface area (TPSA) is 109 Å². The van der Waals surface area contributed by atoms with Crippen LogP contribution in [0.4, 0.5) is 0 Å². The molecule has 4 aromatic rings. The Balaban J connectivity index is 1.54. The summed E-state index contributed by atoms with van der Waals surface area (Å²) in [4.78, 5) is 17.7. The summed E-state index contributed by atoms with van der Waals surface area (Å²) in [7, 11) is -3.47. The van der Waals surface area contributed by atoms with Crippen LogP contribution >= 0.6 is 0 Å². The van der Waals surface area contributed by atoms with E-state index in [1.54, 1.807) is 0 Å². The molecule has 9 nitrogen and oxygen atoms in total. The van der Waals surface area contributed by atoms with Crippen LogP contribution in [0.25, 0.3) is 22.4 Å². The molecular weight excluding hydrogens is 430 g/mol. The van der Waals surface area contributed by atoms with Gasteiger partial charge in [0.1, 0.15) is 29.2 Å². The van der Waals surface area contributed by atoms with Gasteiger partial charge in [0.25, 0.3) is 0 Å². The minimum absolute atomic E-state index is 0.209. The first-order chi connectivity index (χ1) is 15.5. The largest absolute Gasteiger partial charge is 0.493 e. The van der Waals surface area contributed by atoms with Gasteiger partial charge in [0.2, 0.25) is 15.0 Å². The first-order valence-corrected chi connectivity index (χ1v) is 12.1. The van der Waals surface area contributed by atoms with E-state index in [2.05, 4.69) is 20.6 Å². The molecule has 162 valence electrons. The maximum atomic E-state index is 11.7. The van der Waals surface area contributed by atoms with E-state index in [9.17, 15) is 8.42 Å². The molecule has 0 fully saturated rings. The first-order valence-electron chi connectivity index (χ1n) is 10.2. The number of para-hydroxylation sites is 1. The van der Waals surface area contributed by atoms with Crippen LogP contribution in [0.5, 0.6) is 5.75 Å². The summed E-state index contributed by atoms with van der Waals surface area (Å²) in [5, 5.41) is -0.209. The van der Waals surface area contributed by atoms with Crippen molar-refractivity contribution in [2.24, 2.45) is 0 Å². The van der Waals surface area contributed by atoms with Gasteiger partial charge in [0, 0.05) is 36.2 Å². The highest BCUT2D eigenvalue weighted by Crippen LogP contribution is 2.44.